The molecule has 59 heavy (non-hydrogen) atoms. The maximum atomic E-state index is 11.9. The lowest BCUT2D eigenvalue weighted by atomic mass is 9.94. The lowest BCUT2D eigenvalue weighted by Crippen LogP contribution is -2.69. The van der Waals surface area contributed by atoms with Gasteiger partial charge in [-0.2, -0.15) is 0 Å². The highest BCUT2D eigenvalue weighted by molar-refractivity contribution is 5.73. The van der Waals surface area contributed by atoms with E-state index >= 15 is 0 Å². The number of aliphatic hydroxyl groups excluding tert-OH is 16. The summed E-state index contributed by atoms with van der Waals surface area (Å²) in [6, 6.07) is -1.53. The van der Waals surface area contributed by atoms with Crippen LogP contribution in [0.2, 0.25) is 0 Å². The Morgan fingerprint density at radius 1 is 0.407 bits per heavy atom. The van der Waals surface area contributed by atoms with Gasteiger partial charge in [-0.1, -0.05) is 0 Å². The van der Waals surface area contributed by atoms with Crippen LogP contribution in [0.3, 0.4) is 0 Å². The van der Waals surface area contributed by atoms with Gasteiger partial charge in [0.15, 0.2) is 31.5 Å². The number of aliphatic hydroxyl groups is 16. The predicted octanol–water partition coefficient (Wildman–Crippen LogP) is -11.8. The summed E-state index contributed by atoms with van der Waals surface area (Å²) in [6.45, 7) is -3.54. The van der Waals surface area contributed by atoms with Crippen LogP contribution in [0.15, 0.2) is 0 Å². The number of ether oxygens (including phenoxy) is 9. The van der Waals surface area contributed by atoms with Gasteiger partial charge in [0.25, 0.3) is 0 Å². The molecule has 0 unspecified atom stereocenters. The van der Waals surface area contributed by atoms with Crippen LogP contribution in [0.4, 0.5) is 0 Å². The number of carbonyl (C=O) groups is 1. The molecule has 5 fully saturated rings. The van der Waals surface area contributed by atoms with Crippen molar-refractivity contribution in [3.63, 3.8) is 0 Å². The van der Waals surface area contributed by atoms with E-state index in [1.165, 1.54) is 0 Å². The average Bonchev–Trinajstić information content (AvgIpc) is 3.21. The predicted molar refractivity (Wildman–Crippen MR) is 178 cm³/mol. The fraction of sp³-hybridized carbons (Fsp3) is 0.969. The van der Waals surface area contributed by atoms with E-state index in [0.717, 1.165) is 6.92 Å². The molecule has 5 heterocycles. The van der Waals surface area contributed by atoms with Crippen molar-refractivity contribution in [3.05, 3.63) is 0 Å². The molecule has 5 saturated heterocycles. The summed E-state index contributed by atoms with van der Waals surface area (Å²) in [5.74, 6) is -0.720. The Balaban J connectivity index is 1.35. The van der Waals surface area contributed by atoms with Crippen LogP contribution >= 0.6 is 0 Å². The molecule has 5 aliphatic heterocycles. The van der Waals surface area contributed by atoms with Gasteiger partial charge in [0.05, 0.1) is 33.0 Å². The topological polar surface area (TPSA) is 436 Å². The third-order valence-corrected chi connectivity index (χ3v) is 10.7. The molecule has 0 aliphatic carbocycles. The fourth-order valence-electron chi connectivity index (χ4n) is 7.41. The van der Waals surface area contributed by atoms with Crippen molar-refractivity contribution < 1.29 is 129 Å². The number of rotatable bonds is 14. The molecule has 0 spiro atoms. The highest BCUT2D eigenvalue weighted by Gasteiger charge is 2.57. The van der Waals surface area contributed by atoms with E-state index in [4.69, 9.17) is 42.6 Å². The van der Waals surface area contributed by atoms with Crippen LogP contribution in [-0.2, 0) is 47.4 Å². The zero-order valence-corrected chi connectivity index (χ0v) is 31.2. The first-order valence-corrected chi connectivity index (χ1v) is 18.6. The standard InChI is InChI=1S/C32H55NO26/c1-7(39)33-13-24(15(41)9(3-35)51-28(13)50)56-30-21(47)26(17(43)10(4-36)53-30)58-32-23(49)27(18(44)12(6-38)55-32)59-31-22(48)25(16(42)11(5-37)54-31)57-29-20(46)19(45)14(40)8(2-34)52-29/h8-32,34-38,40-50H,2-6H2,1H3,(H,33,39)/t8-,9-,10-,11-,12-,13-,14-,15-,16-,17-,18-,19+,20+,21+,22+,23+,24-,25+,26+,27+,28-,29-,30-,31-,32-/m1/s1. The maximum Gasteiger partial charge on any atom is 0.217 e. The van der Waals surface area contributed by atoms with Gasteiger partial charge in [0.1, 0.15) is 122 Å². The molecule has 0 radical (unpaired) electrons. The summed E-state index contributed by atoms with van der Waals surface area (Å²) in [5.41, 5.74) is 0. The summed E-state index contributed by atoms with van der Waals surface area (Å²) in [4.78, 5) is 11.9. The lowest BCUT2D eigenvalue weighted by Gasteiger charge is -2.50. The van der Waals surface area contributed by atoms with Crippen LogP contribution in [-0.4, -0.2) is 274 Å². The number of nitrogens with one attached hydrogen (secondary N) is 1. The monoisotopic (exact) mass is 869 g/mol. The van der Waals surface area contributed by atoms with Crippen molar-refractivity contribution in [1.82, 2.24) is 5.32 Å². The Bertz CT molecular complexity index is 1320. The zero-order chi connectivity index (χ0) is 43.6. The Morgan fingerprint density at radius 3 is 1.03 bits per heavy atom. The normalized spacial score (nSPS) is 51.0. The summed E-state index contributed by atoms with van der Waals surface area (Å²) >= 11 is 0. The van der Waals surface area contributed by atoms with Gasteiger partial charge in [0, 0.05) is 6.92 Å². The highest BCUT2D eigenvalue weighted by Crippen LogP contribution is 2.35. The molecule has 27 nitrogen and oxygen atoms in total. The molecule has 1 amide bonds. The molecule has 344 valence electrons. The van der Waals surface area contributed by atoms with Crippen molar-refractivity contribution >= 4 is 5.91 Å². The molecular formula is C32H55NO26. The summed E-state index contributed by atoms with van der Waals surface area (Å²) in [7, 11) is 0. The number of hydrogen-bond acceptors (Lipinski definition) is 26. The smallest absolute Gasteiger partial charge is 0.217 e. The van der Waals surface area contributed by atoms with Gasteiger partial charge in [-0.3, -0.25) is 4.79 Å². The molecule has 5 aliphatic rings. The minimum atomic E-state index is -2.19. The molecule has 0 aromatic carbocycles. The molecule has 25 atom stereocenters. The minimum Gasteiger partial charge on any atom is -0.394 e. The second-order valence-electron chi connectivity index (χ2n) is 14.7. The fourth-order valence-corrected chi connectivity index (χ4v) is 7.41. The minimum absolute atomic E-state index is 0.720. The van der Waals surface area contributed by atoms with Crippen LogP contribution in [0, 0.1) is 0 Å². The van der Waals surface area contributed by atoms with Crippen molar-refractivity contribution in [2.75, 3.05) is 33.0 Å². The quantitative estimate of drug-likeness (QED) is 0.0770. The van der Waals surface area contributed by atoms with E-state index in [9.17, 15) is 86.5 Å². The van der Waals surface area contributed by atoms with Gasteiger partial charge in [-0.15, -0.1) is 0 Å². The van der Waals surface area contributed by atoms with E-state index in [2.05, 4.69) is 5.32 Å². The molecule has 0 aromatic heterocycles. The molecule has 17 N–H and O–H groups in total. The number of hydrogen-bond donors (Lipinski definition) is 17. The van der Waals surface area contributed by atoms with Crippen molar-refractivity contribution in [1.29, 1.82) is 0 Å². The second kappa shape index (κ2) is 20.8. The maximum absolute atomic E-state index is 11.9. The van der Waals surface area contributed by atoms with E-state index < -0.39 is 192 Å². The third kappa shape index (κ3) is 10.2. The van der Waals surface area contributed by atoms with Gasteiger partial charge >= 0.3 is 0 Å². The first kappa shape index (κ1) is 48.5. The number of carbonyl (C=O) groups excluding carboxylic acids is 1. The van der Waals surface area contributed by atoms with Gasteiger partial charge in [0.2, 0.25) is 5.91 Å². The number of amides is 1. The van der Waals surface area contributed by atoms with E-state index in [-0.39, 0.29) is 0 Å². The Morgan fingerprint density at radius 2 is 0.695 bits per heavy atom. The SMILES string of the molecule is CC(=O)N[C@@H]1[C@@H](O[C@H]2O[C@H](CO)[C@@H](O)[C@H](O[C@H]3O[C@H](CO)[C@@H](O)[C@H](O[C@H]4O[C@H](CO)[C@@H](O)[C@H](O[C@H]5O[C@H](CO)[C@@H](O)[C@H](O)[C@@H]5O)[C@@H]4O)[C@@H]3O)[C@@H]2O)[C@H](O)[C@@H](CO)O[C@H]1O. The Labute approximate surface area is 333 Å². The summed E-state index contributed by atoms with van der Waals surface area (Å²) < 4.78 is 49.7. The molecule has 27 heteroatoms. The van der Waals surface area contributed by atoms with Gasteiger partial charge in [-0.05, 0) is 0 Å². The van der Waals surface area contributed by atoms with Crippen molar-refractivity contribution in [2.24, 2.45) is 0 Å². The van der Waals surface area contributed by atoms with Crippen molar-refractivity contribution in [2.45, 2.75) is 160 Å². The summed E-state index contributed by atoms with van der Waals surface area (Å²) in [6.07, 6.45) is -45.1. The Kier molecular flexibility index (Phi) is 17.1. The molecule has 0 bridgehead atoms. The van der Waals surface area contributed by atoms with Gasteiger partial charge in [-0.25, -0.2) is 0 Å². The van der Waals surface area contributed by atoms with E-state index in [1.807, 2.05) is 0 Å². The van der Waals surface area contributed by atoms with E-state index in [1.54, 1.807) is 0 Å². The zero-order valence-electron chi connectivity index (χ0n) is 31.2. The van der Waals surface area contributed by atoms with Crippen LogP contribution in [0.25, 0.3) is 0 Å². The lowest BCUT2D eigenvalue weighted by molar-refractivity contribution is -0.393. The first-order valence-electron chi connectivity index (χ1n) is 18.6. The molecule has 5 rings (SSSR count). The van der Waals surface area contributed by atoms with Crippen LogP contribution in [0.5, 0.6) is 0 Å². The molecular weight excluding hydrogens is 814 g/mol. The van der Waals surface area contributed by atoms with Crippen LogP contribution in [0.1, 0.15) is 6.92 Å². The second-order valence-corrected chi connectivity index (χ2v) is 14.7. The third-order valence-electron chi connectivity index (χ3n) is 10.7. The molecule has 0 aromatic rings. The van der Waals surface area contributed by atoms with Crippen LogP contribution < -0.4 is 5.32 Å². The highest BCUT2D eigenvalue weighted by atomic mass is 16.8. The first-order chi connectivity index (χ1) is 27.9. The van der Waals surface area contributed by atoms with Gasteiger partial charge < -0.3 is 130 Å². The van der Waals surface area contributed by atoms with Crippen molar-refractivity contribution in [3.8, 4) is 0 Å². The Hall–Kier alpha value is -1.53. The summed E-state index contributed by atoms with van der Waals surface area (Å²) in [5, 5.41) is 171. The van der Waals surface area contributed by atoms with E-state index in [0.29, 0.717) is 0 Å². The average molecular weight is 870 g/mol. The largest absolute Gasteiger partial charge is 0.394 e. The molecule has 0 saturated carbocycles.